The van der Waals surface area contributed by atoms with E-state index in [1.165, 1.54) is 11.9 Å². The molecule has 4 N–H and O–H groups in total. The molecule has 1 unspecified atom stereocenters. The van der Waals surface area contributed by atoms with Crippen LogP contribution >= 0.6 is 11.9 Å². The van der Waals surface area contributed by atoms with E-state index in [4.69, 9.17) is 5.11 Å². The summed E-state index contributed by atoms with van der Waals surface area (Å²) < 4.78 is 4.21. The van der Waals surface area contributed by atoms with Crippen LogP contribution in [0, 0.1) is 0 Å². The normalized spacial score (nSPS) is 13.3. The molecular formula is C9H20N4O2S. The van der Waals surface area contributed by atoms with Gasteiger partial charge in [-0.3, -0.25) is 4.79 Å². The first-order valence-electron chi connectivity index (χ1n) is 5.10. The third-order valence-electron chi connectivity index (χ3n) is 1.70. The molecule has 0 fully saturated rings. The summed E-state index contributed by atoms with van der Waals surface area (Å²) in [5.41, 5.74) is 0. The van der Waals surface area contributed by atoms with Crippen LogP contribution in [0.1, 0.15) is 13.3 Å². The van der Waals surface area contributed by atoms with Crippen LogP contribution in [0.4, 0.5) is 0 Å². The lowest BCUT2D eigenvalue weighted by molar-refractivity contribution is -0.137. The Labute approximate surface area is 100 Å². The summed E-state index contributed by atoms with van der Waals surface area (Å²) in [6.45, 7) is 2.69. The monoisotopic (exact) mass is 248 g/mol. The molecule has 0 aliphatic heterocycles. The minimum absolute atomic E-state index is 0.0713. The second kappa shape index (κ2) is 9.29. The fourth-order valence-corrected chi connectivity index (χ4v) is 1.61. The molecule has 0 heterocycles. The first-order chi connectivity index (χ1) is 7.60. The maximum Gasteiger partial charge on any atom is 0.305 e. The summed E-state index contributed by atoms with van der Waals surface area (Å²) in [6.07, 6.45) is 0.0713. The van der Waals surface area contributed by atoms with Crippen LogP contribution in [0.3, 0.4) is 0 Å². The zero-order valence-corrected chi connectivity index (χ0v) is 10.7. The lowest BCUT2D eigenvalue weighted by atomic mass is 10.2. The lowest BCUT2D eigenvalue weighted by Gasteiger charge is -2.14. The number of rotatable bonds is 7. The van der Waals surface area contributed by atoms with Crippen LogP contribution in [0.5, 0.6) is 0 Å². The van der Waals surface area contributed by atoms with E-state index in [9.17, 15) is 4.79 Å². The first-order valence-corrected chi connectivity index (χ1v) is 6.05. The van der Waals surface area contributed by atoms with E-state index in [1.807, 2.05) is 7.05 Å². The SMILES string of the molecule is CNCCS/N=C(\NC)NC(C)CC(=O)O. The van der Waals surface area contributed by atoms with Crippen molar-refractivity contribution >= 4 is 23.9 Å². The molecule has 7 heteroatoms. The number of aliphatic carboxylic acids is 1. The fourth-order valence-electron chi connectivity index (χ4n) is 0.948. The molecule has 0 aliphatic carbocycles. The molecule has 0 saturated carbocycles. The molecule has 0 radical (unpaired) electrons. The van der Waals surface area contributed by atoms with Crippen LogP contribution in [-0.4, -0.2) is 49.5 Å². The summed E-state index contributed by atoms with van der Waals surface area (Å²) in [5, 5.41) is 17.5. The number of nitrogens with one attached hydrogen (secondary N) is 3. The quantitative estimate of drug-likeness (QED) is 0.218. The predicted molar refractivity (Wildman–Crippen MR) is 67.7 cm³/mol. The van der Waals surface area contributed by atoms with Crippen molar-refractivity contribution < 1.29 is 9.90 Å². The van der Waals surface area contributed by atoms with E-state index < -0.39 is 5.97 Å². The van der Waals surface area contributed by atoms with Gasteiger partial charge in [-0.25, -0.2) is 0 Å². The van der Waals surface area contributed by atoms with Gasteiger partial charge in [-0.2, -0.15) is 4.40 Å². The molecule has 0 saturated heterocycles. The van der Waals surface area contributed by atoms with Crippen LogP contribution in [-0.2, 0) is 4.79 Å². The number of hydrogen-bond acceptors (Lipinski definition) is 4. The van der Waals surface area contributed by atoms with Crippen molar-refractivity contribution in [2.75, 3.05) is 26.4 Å². The molecule has 0 aromatic carbocycles. The zero-order chi connectivity index (χ0) is 12.4. The topological polar surface area (TPSA) is 85.8 Å². The van der Waals surface area contributed by atoms with Crippen LogP contribution in [0.2, 0.25) is 0 Å². The van der Waals surface area contributed by atoms with Crippen molar-refractivity contribution in [2.24, 2.45) is 4.40 Å². The molecule has 16 heavy (non-hydrogen) atoms. The minimum atomic E-state index is -0.821. The van der Waals surface area contributed by atoms with Crippen LogP contribution < -0.4 is 16.0 Å². The van der Waals surface area contributed by atoms with Gasteiger partial charge in [-0.15, -0.1) is 0 Å². The van der Waals surface area contributed by atoms with Crippen molar-refractivity contribution in [3.8, 4) is 0 Å². The van der Waals surface area contributed by atoms with Gasteiger partial charge in [0.15, 0.2) is 0 Å². The Morgan fingerprint density at radius 2 is 2.19 bits per heavy atom. The van der Waals surface area contributed by atoms with E-state index >= 15 is 0 Å². The minimum Gasteiger partial charge on any atom is -0.481 e. The van der Waals surface area contributed by atoms with Crippen LogP contribution in [0.25, 0.3) is 0 Å². The van der Waals surface area contributed by atoms with Gasteiger partial charge in [0.25, 0.3) is 0 Å². The third-order valence-corrected chi connectivity index (χ3v) is 2.40. The van der Waals surface area contributed by atoms with Gasteiger partial charge in [0.2, 0.25) is 5.96 Å². The molecule has 0 amide bonds. The lowest BCUT2D eigenvalue weighted by Crippen LogP contribution is -2.41. The molecule has 94 valence electrons. The predicted octanol–water partition coefficient (Wildman–Crippen LogP) is -0.118. The molecule has 0 rings (SSSR count). The number of carboxylic acids is 1. The van der Waals surface area contributed by atoms with Crippen LogP contribution in [0.15, 0.2) is 4.40 Å². The Morgan fingerprint density at radius 3 is 2.69 bits per heavy atom. The van der Waals surface area contributed by atoms with Gasteiger partial charge in [0, 0.05) is 25.4 Å². The average molecular weight is 248 g/mol. The van der Waals surface area contributed by atoms with Gasteiger partial charge in [-0.1, -0.05) is 0 Å². The summed E-state index contributed by atoms with van der Waals surface area (Å²) in [4.78, 5) is 10.5. The van der Waals surface area contributed by atoms with Crippen molar-refractivity contribution in [2.45, 2.75) is 19.4 Å². The van der Waals surface area contributed by atoms with Gasteiger partial charge in [0.05, 0.1) is 6.42 Å². The number of guanidine groups is 1. The third kappa shape index (κ3) is 8.37. The summed E-state index contributed by atoms with van der Waals surface area (Å²) in [7, 11) is 3.63. The Morgan fingerprint density at radius 1 is 1.50 bits per heavy atom. The second-order valence-electron chi connectivity index (χ2n) is 3.27. The largest absolute Gasteiger partial charge is 0.481 e. The molecule has 0 aromatic rings. The first kappa shape index (κ1) is 15.0. The van der Waals surface area contributed by atoms with Gasteiger partial charge in [-0.05, 0) is 25.9 Å². The number of carbonyl (C=O) groups is 1. The van der Waals surface area contributed by atoms with Gasteiger partial charge >= 0.3 is 5.97 Å². The number of hydrogen-bond donors (Lipinski definition) is 4. The van der Waals surface area contributed by atoms with Gasteiger partial charge < -0.3 is 21.1 Å². The van der Waals surface area contributed by atoms with Crippen molar-refractivity contribution in [1.82, 2.24) is 16.0 Å². The summed E-state index contributed by atoms with van der Waals surface area (Å²) in [5.74, 6) is 0.657. The van der Waals surface area contributed by atoms with Crippen molar-refractivity contribution in [3.05, 3.63) is 0 Å². The maximum absolute atomic E-state index is 10.5. The number of nitrogens with zero attached hydrogens (tertiary/aromatic N) is 1. The highest BCUT2D eigenvalue weighted by Crippen LogP contribution is 2.00. The van der Waals surface area contributed by atoms with E-state index in [0.29, 0.717) is 5.96 Å². The molecule has 1 atom stereocenters. The molecular weight excluding hydrogens is 228 g/mol. The highest BCUT2D eigenvalue weighted by atomic mass is 32.2. The Hall–Kier alpha value is -0.950. The molecule has 0 spiro atoms. The number of carboxylic acid groups (broad SMARTS) is 1. The smallest absolute Gasteiger partial charge is 0.305 e. The highest BCUT2D eigenvalue weighted by Gasteiger charge is 2.08. The van der Waals surface area contributed by atoms with Crippen molar-refractivity contribution in [3.63, 3.8) is 0 Å². The van der Waals surface area contributed by atoms with E-state index in [1.54, 1.807) is 14.0 Å². The maximum atomic E-state index is 10.5. The Kier molecular flexibility index (Phi) is 8.74. The van der Waals surface area contributed by atoms with E-state index in [-0.39, 0.29) is 12.5 Å². The molecule has 0 aromatic heterocycles. The Bertz CT molecular complexity index is 236. The fraction of sp³-hybridized carbons (Fsp3) is 0.778. The summed E-state index contributed by atoms with van der Waals surface area (Å²) >= 11 is 1.42. The van der Waals surface area contributed by atoms with E-state index in [2.05, 4.69) is 20.3 Å². The van der Waals surface area contributed by atoms with Crippen molar-refractivity contribution in [1.29, 1.82) is 0 Å². The molecule has 0 bridgehead atoms. The molecule has 6 nitrogen and oxygen atoms in total. The van der Waals surface area contributed by atoms with E-state index in [0.717, 1.165) is 12.3 Å². The average Bonchev–Trinajstić information content (AvgIpc) is 2.21. The standard InChI is InChI=1S/C9H20N4O2S/c1-7(6-8(14)15)12-9(11-3)13-16-5-4-10-2/h7,10H,4-6H2,1-3H3,(H,14,15)(H2,11,12,13). The second-order valence-corrected chi connectivity index (χ2v) is 4.12. The zero-order valence-electron chi connectivity index (χ0n) is 9.91. The highest BCUT2D eigenvalue weighted by molar-refractivity contribution is 7.98. The summed E-state index contributed by atoms with van der Waals surface area (Å²) in [6, 6.07) is -0.145. The van der Waals surface area contributed by atoms with Gasteiger partial charge in [0.1, 0.15) is 0 Å². The molecule has 0 aliphatic rings. The Balaban J connectivity index is 3.92.